The molecule has 0 unspecified atom stereocenters. The number of fused-ring (bicyclic) bond motifs is 2. The minimum absolute atomic E-state index is 0.138. The number of nitrogens with zero attached hydrogens (tertiary/aromatic N) is 1. The summed E-state index contributed by atoms with van der Waals surface area (Å²) in [5.41, 5.74) is 5.00. The molecular weight excluding hydrogens is 529 g/mol. The predicted octanol–water partition coefficient (Wildman–Crippen LogP) is 1.02. The van der Waals surface area contributed by atoms with Gasteiger partial charge >= 0.3 is 5.97 Å². The van der Waals surface area contributed by atoms with Gasteiger partial charge < -0.3 is 20.5 Å². The zero-order chi connectivity index (χ0) is 22.5. The van der Waals surface area contributed by atoms with Crippen molar-refractivity contribution in [3.8, 4) is 0 Å². The van der Waals surface area contributed by atoms with Gasteiger partial charge in [0.05, 0.1) is 18.6 Å². The maximum absolute atomic E-state index is 13.4. The van der Waals surface area contributed by atoms with E-state index in [2.05, 4.69) is 27.9 Å². The van der Waals surface area contributed by atoms with E-state index >= 15 is 0 Å². The van der Waals surface area contributed by atoms with E-state index in [9.17, 15) is 14.4 Å². The molecule has 172 valence electrons. The number of hydrogen-bond donors (Lipinski definition) is 2. The molecule has 3 aliphatic heterocycles. The first-order valence-electron chi connectivity index (χ1n) is 11.0. The zero-order valence-electron chi connectivity index (χ0n) is 17.5. The van der Waals surface area contributed by atoms with Gasteiger partial charge in [-0.05, 0) is 47.1 Å². The van der Waals surface area contributed by atoms with Crippen molar-refractivity contribution in [3.63, 3.8) is 0 Å². The number of ether oxygens (including phenoxy) is 2. The maximum Gasteiger partial charge on any atom is 0.326 e. The highest BCUT2D eigenvalue weighted by Gasteiger charge is 2.76. The van der Waals surface area contributed by atoms with E-state index < -0.39 is 23.7 Å². The highest BCUT2D eigenvalue weighted by Crippen LogP contribution is 2.57. The van der Waals surface area contributed by atoms with Crippen LogP contribution in [-0.4, -0.2) is 59.3 Å². The van der Waals surface area contributed by atoms with Gasteiger partial charge in [0, 0.05) is 23.0 Å². The van der Waals surface area contributed by atoms with Gasteiger partial charge in [-0.3, -0.25) is 19.2 Å². The van der Waals surface area contributed by atoms with Gasteiger partial charge in [0.15, 0.2) is 5.60 Å². The number of carbonyl (C=O) groups excluding carboxylic acids is 3. The van der Waals surface area contributed by atoms with Gasteiger partial charge in [0.25, 0.3) is 5.91 Å². The summed E-state index contributed by atoms with van der Waals surface area (Å²) in [6, 6.07) is 7.25. The number of nitrogens with one attached hydrogen (secondary N) is 1. The van der Waals surface area contributed by atoms with Crippen molar-refractivity contribution >= 4 is 40.4 Å². The average molecular weight is 555 g/mol. The number of esters is 1. The van der Waals surface area contributed by atoms with E-state index in [1.54, 1.807) is 5.06 Å². The van der Waals surface area contributed by atoms with Crippen molar-refractivity contribution in [1.82, 2.24) is 10.4 Å². The molecule has 1 aliphatic carbocycles. The van der Waals surface area contributed by atoms with Crippen LogP contribution in [0.4, 0.5) is 0 Å². The summed E-state index contributed by atoms with van der Waals surface area (Å²) in [4.78, 5) is 43.5. The van der Waals surface area contributed by atoms with E-state index in [0.29, 0.717) is 32.4 Å². The van der Waals surface area contributed by atoms with Crippen molar-refractivity contribution in [2.24, 2.45) is 11.7 Å². The lowest BCUT2D eigenvalue weighted by Gasteiger charge is -2.35. The summed E-state index contributed by atoms with van der Waals surface area (Å²) < 4.78 is 12.5. The SMILES string of the molecule is NC(=O)CCCCCNC(=O)[C@]12C[C@@H]3O[C@@H]3[C@H]3OC(=O)[C@H]([C@H]31)N(Cc1ccccc1I)O2. The number of benzene rings is 1. The van der Waals surface area contributed by atoms with Gasteiger partial charge in [0.1, 0.15) is 18.2 Å². The normalized spacial score (nSPS) is 34.5. The molecule has 4 fully saturated rings. The monoisotopic (exact) mass is 555 g/mol. The Balaban J connectivity index is 1.32. The maximum atomic E-state index is 13.4. The predicted molar refractivity (Wildman–Crippen MR) is 120 cm³/mol. The first kappa shape index (κ1) is 22.1. The Morgan fingerprint density at radius 3 is 2.81 bits per heavy atom. The van der Waals surface area contributed by atoms with Crippen LogP contribution in [0.15, 0.2) is 24.3 Å². The van der Waals surface area contributed by atoms with Crippen LogP contribution in [0.1, 0.15) is 37.7 Å². The molecule has 0 bridgehead atoms. The van der Waals surface area contributed by atoms with Crippen molar-refractivity contribution in [1.29, 1.82) is 0 Å². The summed E-state index contributed by atoms with van der Waals surface area (Å²) >= 11 is 2.26. The topological polar surface area (TPSA) is 123 Å². The zero-order valence-corrected chi connectivity index (χ0v) is 19.7. The standard InChI is InChI=1S/C22H26IN3O6/c23-13-7-4-3-6-12(13)11-26-17-16-19(31-20(17)28)18-14(30-18)10-22(16,32-26)21(29)25-9-5-1-2-8-15(24)27/h3-4,6-7,14,16-19H,1-2,5,8-11H2,(H2,24,27)(H,25,29)/t14-,16+,17-,18-,19-,22-/m0/s1. The number of epoxide rings is 1. The molecule has 1 aromatic rings. The number of hydrogen-bond acceptors (Lipinski definition) is 7. The lowest BCUT2D eigenvalue weighted by atomic mass is 9.71. The van der Waals surface area contributed by atoms with Gasteiger partial charge in [-0.2, -0.15) is 5.06 Å². The van der Waals surface area contributed by atoms with E-state index in [4.69, 9.17) is 20.0 Å². The van der Waals surface area contributed by atoms with Crippen LogP contribution in [0.3, 0.4) is 0 Å². The molecule has 6 atom stereocenters. The lowest BCUT2D eigenvalue weighted by Crippen LogP contribution is -2.58. The summed E-state index contributed by atoms with van der Waals surface area (Å²) in [5.74, 6) is -1.31. The summed E-state index contributed by atoms with van der Waals surface area (Å²) in [7, 11) is 0. The molecule has 32 heavy (non-hydrogen) atoms. The van der Waals surface area contributed by atoms with Crippen LogP contribution in [0.5, 0.6) is 0 Å². The summed E-state index contributed by atoms with van der Waals surface area (Å²) in [6.07, 6.45) is 2.22. The molecule has 3 heterocycles. The van der Waals surface area contributed by atoms with E-state index in [0.717, 1.165) is 22.0 Å². The van der Waals surface area contributed by atoms with Gasteiger partial charge in [-0.15, -0.1) is 0 Å². The molecule has 0 radical (unpaired) electrons. The molecule has 2 amide bonds. The number of halogens is 1. The highest BCUT2D eigenvalue weighted by atomic mass is 127. The number of carbonyl (C=O) groups is 3. The number of primary amides is 1. The molecule has 1 saturated carbocycles. The van der Waals surface area contributed by atoms with Gasteiger partial charge in [-0.25, -0.2) is 0 Å². The molecule has 1 aromatic carbocycles. The molecule has 4 aliphatic rings. The minimum atomic E-state index is -1.19. The molecule has 3 N–H and O–H groups in total. The molecule has 9 nitrogen and oxygen atoms in total. The highest BCUT2D eigenvalue weighted by molar-refractivity contribution is 14.1. The van der Waals surface area contributed by atoms with Gasteiger partial charge in [0.2, 0.25) is 5.91 Å². The number of amides is 2. The Labute approximate surface area is 199 Å². The van der Waals surface area contributed by atoms with Crippen LogP contribution >= 0.6 is 22.6 Å². The second-order valence-corrected chi connectivity index (χ2v) is 10.1. The lowest BCUT2D eigenvalue weighted by molar-refractivity contribution is -0.229. The number of rotatable bonds is 9. The Morgan fingerprint density at radius 2 is 2.03 bits per heavy atom. The Morgan fingerprint density at radius 1 is 1.22 bits per heavy atom. The third kappa shape index (κ3) is 3.80. The number of unbranched alkanes of at least 4 members (excludes halogenated alkanes) is 2. The smallest absolute Gasteiger partial charge is 0.326 e. The van der Waals surface area contributed by atoms with Crippen molar-refractivity contribution in [3.05, 3.63) is 33.4 Å². The van der Waals surface area contributed by atoms with E-state index in [-0.39, 0.29) is 30.0 Å². The molecule has 0 aromatic heterocycles. The largest absolute Gasteiger partial charge is 0.458 e. The van der Waals surface area contributed by atoms with Crippen LogP contribution in [0, 0.1) is 9.49 Å². The fourth-order valence-corrected chi connectivity index (χ4v) is 5.82. The number of nitrogens with two attached hydrogens (primary N) is 1. The third-order valence-electron chi connectivity index (χ3n) is 6.82. The van der Waals surface area contributed by atoms with E-state index in [1.165, 1.54) is 0 Å². The van der Waals surface area contributed by atoms with Crippen molar-refractivity contribution < 1.29 is 28.7 Å². The molecule has 10 heteroatoms. The van der Waals surface area contributed by atoms with Gasteiger partial charge in [-0.1, -0.05) is 24.6 Å². The first-order valence-corrected chi connectivity index (χ1v) is 12.1. The Kier molecular flexibility index (Phi) is 5.89. The van der Waals surface area contributed by atoms with Crippen LogP contribution in [-0.2, 0) is 35.2 Å². The molecular formula is C22H26IN3O6. The summed E-state index contributed by atoms with van der Waals surface area (Å²) in [6.45, 7) is 0.853. The fraction of sp³-hybridized carbons (Fsp3) is 0.591. The second-order valence-electron chi connectivity index (χ2n) is 8.90. The minimum Gasteiger partial charge on any atom is -0.458 e. The Hall–Kier alpha value is -1.76. The number of hydroxylamine groups is 2. The molecule has 5 rings (SSSR count). The Bertz CT molecular complexity index is 944. The van der Waals surface area contributed by atoms with Crippen LogP contribution < -0.4 is 11.1 Å². The second kappa shape index (κ2) is 8.54. The van der Waals surface area contributed by atoms with Crippen molar-refractivity contribution in [2.45, 2.75) is 68.6 Å². The molecule has 3 saturated heterocycles. The average Bonchev–Trinajstić information content (AvgIpc) is 3.32. The van der Waals surface area contributed by atoms with Crippen molar-refractivity contribution in [2.75, 3.05) is 6.54 Å². The quantitative estimate of drug-likeness (QED) is 0.202. The van der Waals surface area contributed by atoms with Crippen LogP contribution in [0.2, 0.25) is 0 Å². The first-order chi connectivity index (χ1) is 15.4. The van der Waals surface area contributed by atoms with Crippen LogP contribution in [0.25, 0.3) is 0 Å². The third-order valence-corrected chi connectivity index (χ3v) is 7.87. The van der Waals surface area contributed by atoms with E-state index in [1.807, 2.05) is 24.3 Å². The summed E-state index contributed by atoms with van der Waals surface area (Å²) in [5, 5.41) is 4.63. The fourth-order valence-electron chi connectivity index (χ4n) is 5.26. The molecule has 0 spiro atoms.